The van der Waals surface area contributed by atoms with Crippen LogP contribution in [-0.4, -0.2) is 54.8 Å². The van der Waals surface area contributed by atoms with E-state index in [0.717, 1.165) is 60.2 Å². The van der Waals surface area contributed by atoms with Crippen LogP contribution in [0.25, 0.3) is 10.9 Å². The number of ether oxygens (including phenoxy) is 2. The Balaban J connectivity index is 1.33. The molecule has 0 amide bonds. The molecule has 182 valence electrons. The monoisotopic (exact) mass is 472 g/mol. The Bertz CT molecular complexity index is 1230. The first-order valence-electron chi connectivity index (χ1n) is 12.1. The van der Waals surface area contributed by atoms with Gasteiger partial charge in [-0.15, -0.1) is 0 Å². The predicted octanol–water partition coefficient (Wildman–Crippen LogP) is 4.65. The highest BCUT2D eigenvalue weighted by molar-refractivity contribution is 5.83. The Morgan fingerprint density at radius 3 is 2.77 bits per heavy atom. The van der Waals surface area contributed by atoms with Gasteiger partial charge in [-0.05, 0) is 86.2 Å². The normalized spacial score (nSPS) is 18.0. The Hall–Kier alpha value is -3.56. The number of hydrogen-bond acceptors (Lipinski definition) is 5. The van der Waals surface area contributed by atoms with Crippen molar-refractivity contribution in [3.8, 4) is 23.3 Å². The van der Waals surface area contributed by atoms with E-state index < -0.39 is 5.97 Å². The van der Waals surface area contributed by atoms with Crippen LogP contribution < -0.4 is 9.47 Å². The quantitative estimate of drug-likeness (QED) is 0.481. The van der Waals surface area contributed by atoms with E-state index in [2.05, 4.69) is 27.8 Å². The fraction of sp³-hybridized carbons (Fsp3) is 0.379. The largest absolute Gasteiger partial charge is 0.497 e. The van der Waals surface area contributed by atoms with E-state index in [4.69, 9.17) is 9.47 Å². The molecule has 2 heterocycles. The summed E-state index contributed by atoms with van der Waals surface area (Å²) in [5.74, 6) is 7.07. The van der Waals surface area contributed by atoms with E-state index >= 15 is 0 Å². The number of piperidine rings is 1. The van der Waals surface area contributed by atoms with Crippen molar-refractivity contribution in [3.63, 3.8) is 0 Å². The van der Waals surface area contributed by atoms with Gasteiger partial charge in [0.1, 0.15) is 11.5 Å². The number of rotatable bonds is 8. The molecule has 6 nitrogen and oxygen atoms in total. The van der Waals surface area contributed by atoms with Gasteiger partial charge in [0, 0.05) is 23.7 Å². The van der Waals surface area contributed by atoms with E-state index in [-0.39, 0.29) is 11.8 Å². The van der Waals surface area contributed by atoms with Crippen LogP contribution in [0.4, 0.5) is 0 Å². The summed E-state index contributed by atoms with van der Waals surface area (Å²) in [7, 11) is 3.30. The average molecular weight is 473 g/mol. The van der Waals surface area contributed by atoms with Crippen LogP contribution in [0, 0.1) is 23.7 Å². The highest BCUT2D eigenvalue weighted by Gasteiger charge is 2.33. The number of aryl methyl sites for hydroxylation is 1. The van der Waals surface area contributed by atoms with Crippen LogP contribution in [-0.2, 0) is 11.2 Å². The number of carboxylic acids is 1. The summed E-state index contributed by atoms with van der Waals surface area (Å²) in [4.78, 5) is 18.7. The molecule has 0 bridgehead atoms. The molecule has 3 aromatic rings. The van der Waals surface area contributed by atoms with E-state index in [1.54, 1.807) is 14.2 Å². The Morgan fingerprint density at radius 1 is 1.14 bits per heavy atom. The van der Waals surface area contributed by atoms with Crippen molar-refractivity contribution in [1.82, 2.24) is 9.88 Å². The zero-order valence-electron chi connectivity index (χ0n) is 20.4. The van der Waals surface area contributed by atoms with Gasteiger partial charge >= 0.3 is 5.97 Å². The van der Waals surface area contributed by atoms with Gasteiger partial charge in [0.25, 0.3) is 0 Å². The van der Waals surface area contributed by atoms with Gasteiger partial charge in [-0.25, -0.2) is 0 Å². The number of pyridine rings is 1. The first-order chi connectivity index (χ1) is 17.1. The van der Waals surface area contributed by atoms with Gasteiger partial charge in [-0.1, -0.05) is 17.9 Å². The number of aromatic nitrogens is 1. The molecule has 1 aromatic heterocycles. The fourth-order valence-corrected chi connectivity index (χ4v) is 4.87. The third-order valence-electron chi connectivity index (χ3n) is 6.82. The van der Waals surface area contributed by atoms with Gasteiger partial charge < -0.3 is 14.6 Å². The zero-order valence-corrected chi connectivity index (χ0v) is 20.4. The molecule has 0 saturated carbocycles. The lowest BCUT2D eigenvalue weighted by atomic mass is 9.81. The molecule has 0 aliphatic carbocycles. The predicted molar refractivity (Wildman–Crippen MR) is 137 cm³/mol. The van der Waals surface area contributed by atoms with Gasteiger partial charge in [0.15, 0.2) is 0 Å². The second kappa shape index (κ2) is 11.7. The smallest absolute Gasteiger partial charge is 0.308 e. The molecular weight excluding hydrogens is 440 g/mol. The molecule has 0 unspecified atom stereocenters. The maximum atomic E-state index is 12.1. The van der Waals surface area contributed by atoms with Gasteiger partial charge in [0.2, 0.25) is 0 Å². The molecule has 4 rings (SSSR count). The Labute approximate surface area is 206 Å². The molecule has 1 fully saturated rings. The number of methoxy groups -OCH3 is 2. The molecule has 35 heavy (non-hydrogen) atoms. The number of carboxylic acid groups (broad SMARTS) is 1. The van der Waals surface area contributed by atoms with E-state index in [1.165, 1.54) is 5.56 Å². The topological polar surface area (TPSA) is 71.9 Å². The number of fused-ring (bicyclic) bond motifs is 1. The molecule has 0 spiro atoms. The summed E-state index contributed by atoms with van der Waals surface area (Å²) in [6.45, 7) is 1.98. The van der Waals surface area contributed by atoms with Crippen LogP contribution in [0.3, 0.4) is 0 Å². The summed E-state index contributed by atoms with van der Waals surface area (Å²) in [6, 6.07) is 15.6. The van der Waals surface area contributed by atoms with Crippen molar-refractivity contribution in [2.75, 3.05) is 33.9 Å². The van der Waals surface area contributed by atoms with Crippen molar-refractivity contribution in [3.05, 3.63) is 65.9 Å². The summed E-state index contributed by atoms with van der Waals surface area (Å²) in [6.07, 6.45) is 5.46. The summed E-state index contributed by atoms with van der Waals surface area (Å²) < 4.78 is 10.6. The van der Waals surface area contributed by atoms with E-state index in [9.17, 15) is 9.90 Å². The maximum absolute atomic E-state index is 12.1. The number of carbonyl (C=O) groups is 1. The number of aliphatic carboxylic acids is 1. The number of benzene rings is 2. The second-order valence-corrected chi connectivity index (χ2v) is 9.01. The molecule has 1 aliphatic rings. The molecule has 0 radical (unpaired) electrons. The molecule has 1 N–H and O–H groups in total. The highest BCUT2D eigenvalue weighted by atomic mass is 16.5. The maximum Gasteiger partial charge on any atom is 0.308 e. The van der Waals surface area contributed by atoms with Gasteiger partial charge in [-0.2, -0.15) is 0 Å². The molecular formula is C29H32N2O4. The fourth-order valence-electron chi connectivity index (χ4n) is 4.87. The number of nitrogens with zero attached hydrogens (tertiary/aromatic N) is 2. The number of likely N-dealkylation sites (tertiary alicyclic amines) is 1. The zero-order chi connectivity index (χ0) is 24.6. The SMILES string of the molecule is COc1cccc(C#CCN2CC[C@@H](CCCc3ccnc4ccc(OC)cc34)[C@@H](C(=O)O)C2)c1. The van der Waals surface area contributed by atoms with Gasteiger partial charge in [-0.3, -0.25) is 14.7 Å². The molecule has 2 aromatic carbocycles. The Kier molecular flexibility index (Phi) is 8.23. The van der Waals surface area contributed by atoms with Crippen LogP contribution in [0.2, 0.25) is 0 Å². The minimum absolute atomic E-state index is 0.178. The van der Waals surface area contributed by atoms with Crippen molar-refractivity contribution in [1.29, 1.82) is 0 Å². The second-order valence-electron chi connectivity index (χ2n) is 9.01. The Morgan fingerprint density at radius 2 is 1.97 bits per heavy atom. The average Bonchev–Trinajstić information content (AvgIpc) is 2.89. The van der Waals surface area contributed by atoms with Crippen molar-refractivity contribution >= 4 is 16.9 Å². The summed E-state index contributed by atoms with van der Waals surface area (Å²) in [5.41, 5.74) is 3.08. The molecule has 1 saturated heterocycles. The summed E-state index contributed by atoms with van der Waals surface area (Å²) in [5, 5.41) is 11.0. The van der Waals surface area contributed by atoms with Crippen molar-refractivity contribution in [2.45, 2.75) is 25.7 Å². The first kappa shape index (κ1) is 24.6. The van der Waals surface area contributed by atoms with Gasteiger partial charge in [0.05, 0.1) is 32.2 Å². The van der Waals surface area contributed by atoms with Crippen LogP contribution in [0.5, 0.6) is 11.5 Å². The van der Waals surface area contributed by atoms with E-state index in [0.29, 0.717) is 13.1 Å². The molecule has 1 aliphatic heterocycles. The van der Waals surface area contributed by atoms with Crippen molar-refractivity contribution in [2.24, 2.45) is 11.8 Å². The van der Waals surface area contributed by atoms with Crippen LogP contribution in [0.15, 0.2) is 54.7 Å². The molecule has 2 atom stereocenters. The van der Waals surface area contributed by atoms with Crippen LogP contribution in [0.1, 0.15) is 30.4 Å². The lowest BCUT2D eigenvalue weighted by Crippen LogP contribution is -2.44. The highest BCUT2D eigenvalue weighted by Crippen LogP contribution is 2.30. The van der Waals surface area contributed by atoms with Crippen LogP contribution >= 0.6 is 0 Å². The third kappa shape index (κ3) is 6.32. The molecule has 6 heteroatoms. The van der Waals surface area contributed by atoms with Crippen molar-refractivity contribution < 1.29 is 19.4 Å². The lowest BCUT2D eigenvalue weighted by Gasteiger charge is -2.35. The summed E-state index contributed by atoms with van der Waals surface area (Å²) >= 11 is 0. The lowest BCUT2D eigenvalue weighted by molar-refractivity contribution is -0.146. The third-order valence-corrected chi connectivity index (χ3v) is 6.82. The minimum Gasteiger partial charge on any atom is -0.497 e. The standard InChI is InChI=1S/C29H32N2O4/c1-34-24-10-3-6-21(18-24)7-5-16-31-17-14-23(27(20-31)29(32)33)9-4-8-22-13-15-30-28-12-11-25(35-2)19-26(22)28/h3,6,10-13,15,18-19,23,27H,4,8-9,14,16-17,20H2,1-2H3,(H,32,33)/t23-,27+/m1/s1. The minimum atomic E-state index is -0.709. The van der Waals surface area contributed by atoms with E-state index in [1.807, 2.05) is 48.7 Å². The number of hydrogen-bond donors (Lipinski definition) is 1. The first-order valence-corrected chi connectivity index (χ1v) is 12.1.